The zero-order valence-corrected chi connectivity index (χ0v) is 16.3. The van der Waals surface area contributed by atoms with Gasteiger partial charge in [0.15, 0.2) is 6.61 Å². The van der Waals surface area contributed by atoms with Crippen LogP contribution in [0.4, 0.5) is 5.69 Å². The number of nitrogens with one attached hydrogen (secondary N) is 1. The monoisotopic (exact) mass is 435 g/mol. The van der Waals surface area contributed by atoms with E-state index in [1.807, 2.05) is 18.2 Å². The Morgan fingerprint density at radius 3 is 2.19 bits per heavy atom. The zero-order chi connectivity index (χ0) is 19.1. The van der Waals surface area contributed by atoms with Crippen LogP contribution < -0.4 is 10.1 Å². The number of esters is 1. The molecule has 0 aliphatic rings. The third-order valence-electron chi connectivity index (χ3n) is 3.06. The van der Waals surface area contributed by atoms with Crippen molar-refractivity contribution in [2.45, 2.75) is 6.42 Å². The molecule has 0 aliphatic heterocycles. The predicted octanol–water partition coefficient (Wildman–Crippen LogP) is 5.25. The number of anilines is 1. The normalized spacial score (nSPS) is 10.3. The first-order chi connectivity index (χ1) is 12.4. The first kappa shape index (κ1) is 20.6. The highest BCUT2D eigenvalue weighted by atomic mass is 35.5. The van der Waals surface area contributed by atoms with E-state index in [9.17, 15) is 9.59 Å². The number of benzene rings is 2. The predicted molar refractivity (Wildman–Crippen MR) is 103 cm³/mol. The molecule has 0 radical (unpaired) electrons. The maximum absolute atomic E-state index is 11.9. The molecule has 0 fully saturated rings. The standard InChI is InChI=1S/C17H13Cl4NO4/c18-11-8-12(19)16(21)17(15(11)20)22-13(23)9-26-14(24)6-7-25-10-4-2-1-3-5-10/h1-5,8H,6-7,9H2,(H,22,23). The van der Waals surface area contributed by atoms with Crippen molar-refractivity contribution in [3.05, 3.63) is 56.5 Å². The van der Waals surface area contributed by atoms with E-state index in [4.69, 9.17) is 55.9 Å². The van der Waals surface area contributed by atoms with Gasteiger partial charge in [0, 0.05) is 0 Å². The fourth-order valence-corrected chi connectivity index (χ4v) is 2.75. The van der Waals surface area contributed by atoms with Gasteiger partial charge < -0.3 is 14.8 Å². The Kier molecular flexibility index (Phi) is 7.85. The van der Waals surface area contributed by atoms with Crippen LogP contribution in [0.3, 0.4) is 0 Å². The Morgan fingerprint density at radius 2 is 1.58 bits per heavy atom. The summed E-state index contributed by atoms with van der Waals surface area (Å²) in [4.78, 5) is 23.6. The molecule has 2 aromatic rings. The SMILES string of the molecule is O=C(COC(=O)CCOc1ccccc1)Nc1c(Cl)c(Cl)cc(Cl)c1Cl. The number of hydrogen-bond donors (Lipinski definition) is 1. The molecule has 5 nitrogen and oxygen atoms in total. The fourth-order valence-electron chi connectivity index (χ4n) is 1.85. The van der Waals surface area contributed by atoms with E-state index in [-0.39, 0.29) is 38.8 Å². The number of carbonyl (C=O) groups is 2. The van der Waals surface area contributed by atoms with Crippen molar-refractivity contribution < 1.29 is 19.1 Å². The van der Waals surface area contributed by atoms with Crippen LogP contribution >= 0.6 is 46.4 Å². The van der Waals surface area contributed by atoms with Gasteiger partial charge in [0.2, 0.25) is 0 Å². The minimum atomic E-state index is -0.635. The number of amides is 1. The van der Waals surface area contributed by atoms with Crippen LogP contribution in [0.5, 0.6) is 5.75 Å². The molecule has 1 amide bonds. The molecule has 0 aromatic heterocycles. The number of rotatable bonds is 7. The second kappa shape index (κ2) is 9.88. The summed E-state index contributed by atoms with van der Waals surface area (Å²) in [5, 5.41) is 2.76. The Bertz CT molecular complexity index is 773. The number of para-hydroxylation sites is 1. The van der Waals surface area contributed by atoms with Crippen molar-refractivity contribution in [2.75, 3.05) is 18.5 Å². The van der Waals surface area contributed by atoms with Crippen LogP contribution in [-0.4, -0.2) is 25.1 Å². The Morgan fingerprint density at radius 1 is 0.962 bits per heavy atom. The molecule has 0 unspecified atom stereocenters. The van der Waals surface area contributed by atoms with Crippen molar-refractivity contribution in [1.82, 2.24) is 0 Å². The van der Waals surface area contributed by atoms with Crippen LogP contribution in [0.25, 0.3) is 0 Å². The minimum absolute atomic E-state index is 0.00726. The summed E-state index contributed by atoms with van der Waals surface area (Å²) in [7, 11) is 0. The molecule has 0 saturated carbocycles. The summed E-state index contributed by atoms with van der Waals surface area (Å²) in [6.07, 6.45) is -0.00726. The summed E-state index contributed by atoms with van der Waals surface area (Å²) < 4.78 is 10.2. The lowest BCUT2D eigenvalue weighted by atomic mass is 10.3. The third kappa shape index (κ3) is 5.95. The molecule has 9 heteroatoms. The Balaban J connectivity index is 1.79. The molecule has 138 valence electrons. The molecule has 26 heavy (non-hydrogen) atoms. The molecular formula is C17H13Cl4NO4. The van der Waals surface area contributed by atoms with Crippen LogP contribution in [0.15, 0.2) is 36.4 Å². The number of halogens is 4. The van der Waals surface area contributed by atoms with E-state index in [0.29, 0.717) is 5.75 Å². The third-order valence-corrected chi connectivity index (χ3v) is 4.63. The van der Waals surface area contributed by atoms with Gasteiger partial charge in [-0.25, -0.2) is 0 Å². The fraction of sp³-hybridized carbons (Fsp3) is 0.176. The quantitative estimate of drug-likeness (QED) is 0.475. The average molecular weight is 437 g/mol. The minimum Gasteiger partial charge on any atom is -0.493 e. The van der Waals surface area contributed by atoms with Gasteiger partial charge in [-0.2, -0.15) is 0 Å². The van der Waals surface area contributed by atoms with Crippen molar-refractivity contribution in [3.63, 3.8) is 0 Å². The van der Waals surface area contributed by atoms with E-state index in [1.54, 1.807) is 12.1 Å². The van der Waals surface area contributed by atoms with Crippen molar-refractivity contribution in [1.29, 1.82) is 0 Å². The first-order valence-corrected chi connectivity index (χ1v) is 8.86. The van der Waals surface area contributed by atoms with E-state index in [1.165, 1.54) is 6.07 Å². The van der Waals surface area contributed by atoms with Crippen molar-refractivity contribution >= 4 is 64.0 Å². The largest absolute Gasteiger partial charge is 0.493 e. The number of carbonyl (C=O) groups excluding carboxylic acids is 2. The Hall–Kier alpha value is -1.66. The molecule has 0 spiro atoms. The zero-order valence-electron chi connectivity index (χ0n) is 13.2. The van der Waals surface area contributed by atoms with Crippen molar-refractivity contribution in [2.24, 2.45) is 0 Å². The molecule has 0 saturated heterocycles. The highest BCUT2D eigenvalue weighted by Gasteiger charge is 2.17. The summed E-state index contributed by atoms with van der Waals surface area (Å²) in [6.45, 7) is -0.382. The summed E-state index contributed by atoms with van der Waals surface area (Å²) >= 11 is 23.7. The van der Waals surface area contributed by atoms with Gasteiger partial charge in [-0.15, -0.1) is 0 Å². The van der Waals surface area contributed by atoms with Crippen LogP contribution in [0.1, 0.15) is 6.42 Å². The van der Waals surface area contributed by atoms with Gasteiger partial charge in [-0.05, 0) is 18.2 Å². The topological polar surface area (TPSA) is 64.6 Å². The summed E-state index contributed by atoms with van der Waals surface area (Å²) in [5.41, 5.74) is 0.0549. The van der Waals surface area contributed by atoms with Gasteiger partial charge in [-0.3, -0.25) is 9.59 Å². The molecule has 0 aliphatic carbocycles. The van der Waals surface area contributed by atoms with Gasteiger partial charge in [0.05, 0.1) is 38.8 Å². The second-order valence-electron chi connectivity index (χ2n) is 4.96. The lowest BCUT2D eigenvalue weighted by Gasteiger charge is -2.12. The molecule has 1 N–H and O–H groups in total. The van der Waals surface area contributed by atoms with E-state index in [0.717, 1.165) is 0 Å². The smallest absolute Gasteiger partial charge is 0.309 e. The van der Waals surface area contributed by atoms with E-state index < -0.39 is 18.5 Å². The molecule has 0 atom stereocenters. The highest BCUT2D eigenvalue weighted by molar-refractivity contribution is 6.50. The number of hydrogen-bond acceptors (Lipinski definition) is 4. The Labute approximate surface area is 170 Å². The maximum atomic E-state index is 11.9. The van der Waals surface area contributed by atoms with E-state index >= 15 is 0 Å². The molecule has 0 heterocycles. The van der Waals surface area contributed by atoms with Gasteiger partial charge in [0.1, 0.15) is 5.75 Å². The molecule has 2 rings (SSSR count). The lowest BCUT2D eigenvalue weighted by molar-refractivity contribution is -0.147. The maximum Gasteiger partial charge on any atom is 0.309 e. The molecule has 2 aromatic carbocycles. The van der Waals surface area contributed by atoms with Gasteiger partial charge >= 0.3 is 5.97 Å². The first-order valence-electron chi connectivity index (χ1n) is 7.34. The van der Waals surface area contributed by atoms with Gasteiger partial charge in [-0.1, -0.05) is 64.6 Å². The van der Waals surface area contributed by atoms with E-state index in [2.05, 4.69) is 5.32 Å². The lowest BCUT2D eigenvalue weighted by Crippen LogP contribution is -2.22. The average Bonchev–Trinajstić information content (AvgIpc) is 2.63. The number of ether oxygens (including phenoxy) is 2. The van der Waals surface area contributed by atoms with Crippen LogP contribution in [-0.2, 0) is 14.3 Å². The van der Waals surface area contributed by atoms with Gasteiger partial charge in [0.25, 0.3) is 5.91 Å². The summed E-state index contributed by atoms with van der Waals surface area (Å²) in [5.74, 6) is -0.581. The second-order valence-corrected chi connectivity index (χ2v) is 6.53. The van der Waals surface area contributed by atoms with Crippen LogP contribution in [0.2, 0.25) is 20.1 Å². The molecule has 0 bridgehead atoms. The molecular weight excluding hydrogens is 424 g/mol. The van der Waals surface area contributed by atoms with Crippen LogP contribution in [0, 0.1) is 0 Å². The van der Waals surface area contributed by atoms with Crippen molar-refractivity contribution in [3.8, 4) is 5.75 Å². The summed E-state index contributed by atoms with van der Waals surface area (Å²) in [6, 6.07) is 10.4. The highest BCUT2D eigenvalue weighted by Crippen LogP contribution is 2.40.